The quantitative estimate of drug-likeness (QED) is 0.879. The fourth-order valence-electron chi connectivity index (χ4n) is 2.06. The van der Waals surface area contributed by atoms with E-state index in [1.54, 1.807) is 0 Å². The van der Waals surface area contributed by atoms with Crippen molar-refractivity contribution in [1.82, 2.24) is 0 Å². The molecule has 2 rings (SSSR count). The zero-order valence-electron chi connectivity index (χ0n) is 11.9. The second-order valence-corrected chi connectivity index (χ2v) is 5.11. The summed E-state index contributed by atoms with van der Waals surface area (Å²) >= 11 is 0. The van der Waals surface area contributed by atoms with Crippen LogP contribution in [0.4, 0.5) is 0 Å². The number of rotatable bonds is 5. The largest absolute Gasteiger partial charge is 0.484 e. The summed E-state index contributed by atoms with van der Waals surface area (Å²) in [6, 6.07) is 15.5. The van der Waals surface area contributed by atoms with Gasteiger partial charge in [-0.3, -0.25) is 0 Å². The normalized spacial score (nSPS) is 13.8. The van der Waals surface area contributed by atoms with E-state index in [0.717, 1.165) is 16.9 Å². The van der Waals surface area contributed by atoms with Crippen LogP contribution in [0.5, 0.6) is 5.75 Å². The molecule has 0 aliphatic rings. The van der Waals surface area contributed by atoms with Gasteiger partial charge in [0.1, 0.15) is 11.9 Å². The summed E-state index contributed by atoms with van der Waals surface area (Å²) in [7, 11) is 0. The molecule has 2 atom stereocenters. The van der Waals surface area contributed by atoms with Gasteiger partial charge in [-0.25, -0.2) is 0 Å². The molecule has 0 spiro atoms. The molecule has 2 aromatic rings. The molecule has 0 aromatic heterocycles. The van der Waals surface area contributed by atoms with Crippen molar-refractivity contribution in [3.63, 3.8) is 0 Å². The lowest BCUT2D eigenvalue weighted by Gasteiger charge is -2.23. The molecule has 0 saturated carbocycles. The van der Waals surface area contributed by atoms with E-state index < -0.39 is 0 Å². The van der Waals surface area contributed by atoms with Crippen LogP contribution in [-0.2, 0) is 6.61 Å². The SMILES string of the molecule is Cc1ccc(C(Oc2ccc(CO)cc2)C(C)N)cc1. The molecule has 0 aliphatic heterocycles. The summed E-state index contributed by atoms with van der Waals surface area (Å²) in [6.07, 6.45) is -0.185. The van der Waals surface area contributed by atoms with E-state index in [1.165, 1.54) is 5.56 Å². The lowest BCUT2D eigenvalue weighted by atomic mass is 10.0. The van der Waals surface area contributed by atoms with Gasteiger partial charge in [0.15, 0.2) is 0 Å². The van der Waals surface area contributed by atoms with Crippen molar-refractivity contribution in [2.45, 2.75) is 32.6 Å². The first-order chi connectivity index (χ1) is 9.60. The van der Waals surface area contributed by atoms with E-state index in [-0.39, 0.29) is 18.8 Å². The van der Waals surface area contributed by atoms with Crippen LogP contribution in [0.3, 0.4) is 0 Å². The predicted octanol–water partition coefficient (Wildman–Crippen LogP) is 2.95. The molecule has 106 valence electrons. The van der Waals surface area contributed by atoms with Gasteiger partial charge in [0.2, 0.25) is 0 Å². The third-order valence-electron chi connectivity index (χ3n) is 3.25. The maximum absolute atomic E-state index is 9.04. The summed E-state index contributed by atoms with van der Waals surface area (Å²) < 4.78 is 5.99. The molecule has 0 saturated heterocycles. The molecule has 2 aromatic carbocycles. The maximum atomic E-state index is 9.04. The molecule has 2 unspecified atom stereocenters. The molecule has 0 fully saturated rings. The van der Waals surface area contributed by atoms with Gasteiger partial charge in [0.05, 0.1) is 6.61 Å². The minimum absolute atomic E-state index is 0.0367. The Morgan fingerprint density at radius 1 is 1.05 bits per heavy atom. The third kappa shape index (κ3) is 3.59. The summed E-state index contributed by atoms with van der Waals surface area (Å²) in [5.41, 5.74) is 9.19. The highest BCUT2D eigenvalue weighted by Crippen LogP contribution is 2.24. The molecule has 3 nitrogen and oxygen atoms in total. The van der Waals surface area contributed by atoms with Crippen molar-refractivity contribution in [3.8, 4) is 5.75 Å². The smallest absolute Gasteiger partial charge is 0.138 e. The fraction of sp³-hybridized carbons (Fsp3) is 0.294. The zero-order valence-corrected chi connectivity index (χ0v) is 11.9. The van der Waals surface area contributed by atoms with Gasteiger partial charge < -0.3 is 15.6 Å². The summed E-state index contributed by atoms with van der Waals surface area (Å²) in [6.45, 7) is 4.03. The van der Waals surface area contributed by atoms with Crippen LogP contribution in [0.1, 0.15) is 29.7 Å². The van der Waals surface area contributed by atoms with Crippen LogP contribution in [0.25, 0.3) is 0 Å². The Morgan fingerprint density at radius 2 is 1.65 bits per heavy atom. The van der Waals surface area contributed by atoms with Gasteiger partial charge in [-0.05, 0) is 37.1 Å². The van der Waals surface area contributed by atoms with Crippen LogP contribution >= 0.6 is 0 Å². The maximum Gasteiger partial charge on any atom is 0.138 e. The Balaban J connectivity index is 2.18. The zero-order chi connectivity index (χ0) is 14.5. The number of nitrogens with two attached hydrogens (primary N) is 1. The van der Waals surface area contributed by atoms with Crippen molar-refractivity contribution in [2.75, 3.05) is 0 Å². The van der Waals surface area contributed by atoms with E-state index in [1.807, 2.05) is 43.3 Å². The second-order valence-electron chi connectivity index (χ2n) is 5.11. The first kappa shape index (κ1) is 14.6. The number of hydrogen-bond donors (Lipinski definition) is 2. The van der Waals surface area contributed by atoms with E-state index >= 15 is 0 Å². The van der Waals surface area contributed by atoms with Gasteiger partial charge in [-0.1, -0.05) is 42.0 Å². The van der Waals surface area contributed by atoms with Crippen molar-refractivity contribution in [3.05, 3.63) is 65.2 Å². The van der Waals surface area contributed by atoms with E-state index in [0.29, 0.717) is 0 Å². The van der Waals surface area contributed by atoms with Gasteiger partial charge in [0, 0.05) is 6.04 Å². The van der Waals surface area contributed by atoms with Gasteiger partial charge in [-0.2, -0.15) is 0 Å². The van der Waals surface area contributed by atoms with Crippen molar-refractivity contribution < 1.29 is 9.84 Å². The highest BCUT2D eigenvalue weighted by atomic mass is 16.5. The highest BCUT2D eigenvalue weighted by molar-refractivity contribution is 5.29. The number of aryl methyl sites for hydroxylation is 1. The number of ether oxygens (including phenoxy) is 1. The molecule has 0 amide bonds. The first-order valence-corrected chi connectivity index (χ1v) is 6.79. The fourth-order valence-corrected chi connectivity index (χ4v) is 2.06. The molecule has 20 heavy (non-hydrogen) atoms. The number of aliphatic hydroxyl groups excluding tert-OH is 1. The number of aliphatic hydroxyl groups is 1. The van der Waals surface area contributed by atoms with Gasteiger partial charge in [0.25, 0.3) is 0 Å². The lowest BCUT2D eigenvalue weighted by Crippen LogP contribution is -2.29. The van der Waals surface area contributed by atoms with Crippen molar-refractivity contribution in [2.24, 2.45) is 5.73 Å². The minimum atomic E-state index is -0.185. The van der Waals surface area contributed by atoms with E-state index in [9.17, 15) is 0 Å². The molecule has 0 aliphatic carbocycles. The average molecular weight is 271 g/mol. The minimum Gasteiger partial charge on any atom is -0.484 e. The third-order valence-corrected chi connectivity index (χ3v) is 3.25. The van der Waals surface area contributed by atoms with Gasteiger partial charge in [-0.15, -0.1) is 0 Å². The molecule has 0 bridgehead atoms. The number of hydrogen-bond acceptors (Lipinski definition) is 3. The molecule has 3 heteroatoms. The molecule has 3 N–H and O–H groups in total. The average Bonchev–Trinajstić information content (AvgIpc) is 2.46. The molecule has 0 radical (unpaired) electrons. The van der Waals surface area contributed by atoms with E-state index in [2.05, 4.69) is 19.1 Å². The molecular formula is C17H21NO2. The Labute approximate surface area is 120 Å². The Hall–Kier alpha value is -1.84. The van der Waals surface area contributed by atoms with Crippen molar-refractivity contribution >= 4 is 0 Å². The summed E-state index contributed by atoms with van der Waals surface area (Å²) in [5, 5.41) is 9.04. The second kappa shape index (κ2) is 6.55. The Morgan fingerprint density at radius 3 is 2.15 bits per heavy atom. The number of benzene rings is 2. The first-order valence-electron chi connectivity index (χ1n) is 6.79. The van der Waals surface area contributed by atoms with Crippen LogP contribution in [0, 0.1) is 6.92 Å². The van der Waals surface area contributed by atoms with Crippen LogP contribution < -0.4 is 10.5 Å². The molecule has 0 heterocycles. The lowest BCUT2D eigenvalue weighted by molar-refractivity contribution is 0.180. The van der Waals surface area contributed by atoms with Gasteiger partial charge >= 0.3 is 0 Å². The van der Waals surface area contributed by atoms with Crippen LogP contribution in [-0.4, -0.2) is 11.1 Å². The van der Waals surface area contributed by atoms with Crippen LogP contribution in [0.2, 0.25) is 0 Å². The summed E-state index contributed by atoms with van der Waals surface area (Å²) in [5.74, 6) is 0.755. The summed E-state index contributed by atoms with van der Waals surface area (Å²) in [4.78, 5) is 0. The molecular weight excluding hydrogens is 250 g/mol. The monoisotopic (exact) mass is 271 g/mol. The predicted molar refractivity (Wildman–Crippen MR) is 80.6 cm³/mol. The standard InChI is InChI=1S/C17H21NO2/c1-12-3-7-15(8-4-12)17(13(2)18)20-16-9-5-14(11-19)6-10-16/h3-10,13,17,19H,11,18H2,1-2H3. The van der Waals surface area contributed by atoms with Crippen molar-refractivity contribution in [1.29, 1.82) is 0 Å². The highest BCUT2D eigenvalue weighted by Gasteiger charge is 2.18. The Kier molecular flexibility index (Phi) is 4.77. The topological polar surface area (TPSA) is 55.5 Å². The Bertz CT molecular complexity index is 532. The van der Waals surface area contributed by atoms with E-state index in [4.69, 9.17) is 15.6 Å². The van der Waals surface area contributed by atoms with Crippen LogP contribution in [0.15, 0.2) is 48.5 Å².